The molecule has 76 valence electrons. The van der Waals surface area contributed by atoms with E-state index in [1.54, 1.807) is 7.11 Å². The van der Waals surface area contributed by atoms with Crippen molar-refractivity contribution < 1.29 is 4.74 Å². The number of ether oxygens (including phenoxy) is 1. The van der Waals surface area contributed by atoms with E-state index >= 15 is 0 Å². The Hall–Kier alpha value is 0.180. The second kappa shape index (κ2) is 4.14. The van der Waals surface area contributed by atoms with Gasteiger partial charge in [0.15, 0.2) is 0 Å². The summed E-state index contributed by atoms with van der Waals surface area (Å²) in [5.41, 5.74) is 1.33. The lowest BCUT2D eigenvalue weighted by atomic mass is 9.77. The van der Waals surface area contributed by atoms with E-state index in [1.807, 2.05) is 0 Å². The Morgan fingerprint density at radius 3 is 2.62 bits per heavy atom. The van der Waals surface area contributed by atoms with Gasteiger partial charge in [0.2, 0.25) is 0 Å². The summed E-state index contributed by atoms with van der Waals surface area (Å²) in [7, 11) is 1.80. The molecule has 3 atom stereocenters. The monoisotopic (exact) mass is 246 g/mol. The van der Waals surface area contributed by atoms with Crippen molar-refractivity contribution in [2.75, 3.05) is 7.11 Å². The maximum Gasteiger partial charge on any atom is 0.0775 e. The molecule has 0 saturated heterocycles. The van der Waals surface area contributed by atoms with Crippen molar-refractivity contribution >= 4 is 15.9 Å². The van der Waals surface area contributed by atoms with Gasteiger partial charge in [-0.05, 0) is 39.0 Å². The van der Waals surface area contributed by atoms with E-state index in [-0.39, 0.29) is 5.60 Å². The van der Waals surface area contributed by atoms with E-state index in [9.17, 15) is 0 Å². The number of hydrogen-bond acceptors (Lipinski definition) is 1. The molecule has 0 bridgehead atoms. The molecular formula is C11H19BrO. The van der Waals surface area contributed by atoms with Crippen LogP contribution in [0.1, 0.15) is 33.1 Å². The van der Waals surface area contributed by atoms with Crippen molar-refractivity contribution in [3.05, 3.63) is 12.2 Å². The van der Waals surface area contributed by atoms with Gasteiger partial charge in [0.05, 0.1) is 5.60 Å². The first kappa shape index (κ1) is 11.3. The van der Waals surface area contributed by atoms with Gasteiger partial charge in [-0.2, -0.15) is 0 Å². The van der Waals surface area contributed by atoms with Crippen molar-refractivity contribution in [2.24, 2.45) is 5.92 Å². The molecule has 13 heavy (non-hydrogen) atoms. The molecule has 0 amide bonds. The van der Waals surface area contributed by atoms with Crippen LogP contribution in [0.2, 0.25) is 0 Å². The van der Waals surface area contributed by atoms with Gasteiger partial charge in [-0.3, -0.25) is 0 Å². The minimum atomic E-state index is 0.0198. The smallest absolute Gasteiger partial charge is 0.0775 e. The molecule has 1 rings (SSSR count). The average Bonchev–Trinajstić information content (AvgIpc) is 2.09. The number of rotatable bonds is 2. The van der Waals surface area contributed by atoms with E-state index < -0.39 is 0 Å². The third-order valence-electron chi connectivity index (χ3n) is 3.31. The lowest BCUT2D eigenvalue weighted by Gasteiger charge is -2.40. The molecule has 1 fully saturated rings. The third kappa shape index (κ3) is 2.35. The number of hydrogen-bond donors (Lipinski definition) is 0. The van der Waals surface area contributed by atoms with Gasteiger partial charge in [-0.15, -0.1) is 0 Å². The molecule has 1 aliphatic rings. The predicted octanol–water partition coefficient (Wildman–Crippen LogP) is 3.53. The summed E-state index contributed by atoms with van der Waals surface area (Å²) in [5, 5.41) is 0. The highest BCUT2D eigenvalue weighted by Crippen LogP contribution is 2.40. The third-order valence-corrected chi connectivity index (χ3v) is 4.65. The molecule has 1 nitrogen and oxygen atoms in total. The van der Waals surface area contributed by atoms with Gasteiger partial charge in [-0.1, -0.05) is 28.1 Å². The maximum absolute atomic E-state index is 5.54. The molecule has 0 aliphatic heterocycles. The van der Waals surface area contributed by atoms with E-state index in [4.69, 9.17) is 4.74 Å². The largest absolute Gasteiger partial charge is 0.377 e. The van der Waals surface area contributed by atoms with Crippen LogP contribution in [0.4, 0.5) is 0 Å². The van der Waals surface area contributed by atoms with Gasteiger partial charge in [0.25, 0.3) is 0 Å². The predicted molar refractivity (Wildman–Crippen MR) is 60.3 cm³/mol. The van der Waals surface area contributed by atoms with Gasteiger partial charge < -0.3 is 4.74 Å². The van der Waals surface area contributed by atoms with E-state index in [2.05, 4.69) is 36.4 Å². The Morgan fingerprint density at radius 1 is 1.62 bits per heavy atom. The van der Waals surface area contributed by atoms with Gasteiger partial charge >= 0.3 is 0 Å². The first-order chi connectivity index (χ1) is 5.99. The molecule has 0 aromatic heterocycles. The molecule has 0 N–H and O–H groups in total. The minimum Gasteiger partial charge on any atom is -0.377 e. The second-order valence-electron chi connectivity index (χ2n) is 4.30. The number of halogens is 1. The summed E-state index contributed by atoms with van der Waals surface area (Å²) in [4.78, 5) is 0.459. The molecule has 0 aromatic rings. The summed E-state index contributed by atoms with van der Waals surface area (Å²) < 4.78 is 5.54. The Labute approximate surface area is 89.7 Å². The SMILES string of the molecule is C=C(C)[C@@H]1CC[C@](C)(OC)[C@@H](Br)C1. The van der Waals surface area contributed by atoms with E-state index in [0.29, 0.717) is 10.7 Å². The summed E-state index contributed by atoms with van der Waals surface area (Å²) in [5.74, 6) is 0.674. The highest BCUT2D eigenvalue weighted by Gasteiger charge is 2.38. The average molecular weight is 247 g/mol. The first-order valence-corrected chi connectivity index (χ1v) is 5.76. The molecule has 0 unspecified atom stereocenters. The Balaban J connectivity index is 2.61. The number of methoxy groups -OCH3 is 1. The standard InChI is InChI=1S/C11H19BrO/c1-8(2)9-5-6-11(3,13-4)10(12)7-9/h9-10H,1,5-7H2,2-4H3/t9-,10+,11+/m1/s1. The van der Waals surface area contributed by atoms with Crippen LogP contribution in [0.5, 0.6) is 0 Å². The lowest BCUT2D eigenvalue weighted by molar-refractivity contribution is -0.0229. The van der Waals surface area contributed by atoms with Crippen LogP contribution < -0.4 is 0 Å². The number of alkyl halides is 1. The van der Waals surface area contributed by atoms with Gasteiger partial charge in [0, 0.05) is 11.9 Å². The van der Waals surface area contributed by atoms with Crippen LogP contribution in [0.3, 0.4) is 0 Å². The van der Waals surface area contributed by atoms with Crippen molar-refractivity contribution in [1.82, 2.24) is 0 Å². The molecule has 1 saturated carbocycles. The Bertz CT molecular complexity index is 202. The summed E-state index contributed by atoms with van der Waals surface area (Å²) in [6.45, 7) is 8.33. The van der Waals surface area contributed by atoms with Crippen LogP contribution in [0.25, 0.3) is 0 Å². The van der Waals surface area contributed by atoms with Gasteiger partial charge in [0.1, 0.15) is 0 Å². The Morgan fingerprint density at radius 2 is 2.23 bits per heavy atom. The molecular weight excluding hydrogens is 228 g/mol. The highest BCUT2D eigenvalue weighted by molar-refractivity contribution is 9.09. The number of allylic oxidation sites excluding steroid dienone is 1. The zero-order valence-corrected chi connectivity index (χ0v) is 10.4. The second-order valence-corrected chi connectivity index (χ2v) is 5.41. The van der Waals surface area contributed by atoms with Crippen molar-refractivity contribution in [3.8, 4) is 0 Å². The molecule has 0 spiro atoms. The molecule has 2 heteroatoms. The van der Waals surface area contributed by atoms with E-state index in [1.165, 1.54) is 12.0 Å². The zero-order valence-electron chi connectivity index (χ0n) is 8.77. The van der Waals surface area contributed by atoms with Crippen molar-refractivity contribution in [1.29, 1.82) is 0 Å². The van der Waals surface area contributed by atoms with E-state index in [0.717, 1.165) is 12.8 Å². The summed E-state index contributed by atoms with van der Waals surface area (Å²) in [6, 6.07) is 0. The quantitative estimate of drug-likeness (QED) is 0.535. The zero-order chi connectivity index (χ0) is 10.1. The molecule has 0 radical (unpaired) electrons. The Kier molecular flexibility index (Phi) is 3.58. The fourth-order valence-electron chi connectivity index (χ4n) is 1.91. The highest BCUT2D eigenvalue weighted by atomic mass is 79.9. The normalized spacial score (nSPS) is 40.3. The van der Waals surface area contributed by atoms with Crippen LogP contribution in [-0.4, -0.2) is 17.5 Å². The van der Waals surface area contributed by atoms with Gasteiger partial charge in [-0.25, -0.2) is 0 Å². The molecule has 0 heterocycles. The topological polar surface area (TPSA) is 9.23 Å². The fraction of sp³-hybridized carbons (Fsp3) is 0.818. The van der Waals surface area contributed by atoms with Crippen LogP contribution >= 0.6 is 15.9 Å². The maximum atomic E-state index is 5.54. The summed E-state index contributed by atoms with van der Waals surface area (Å²) >= 11 is 3.71. The fourth-order valence-corrected chi connectivity index (χ4v) is 2.78. The van der Waals surface area contributed by atoms with Crippen LogP contribution in [0, 0.1) is 5.92 Å². The minimum absolute atomic E-state index is 0.0198. The molecule has 1 aliphatic carbocycles. The first-order valence-electron chi connectivity index (χ1n) is 4.84. The van der Waals surface area contributed by atoms with Crippen molar-refractivity contribution in [2.45, 2.75) is 43.5 Å². The molecule has 0 aromatic carbocycles. The summed E-state index contributed by atoms with van der Waals surface area (Å²) in [6.07, 6.45) is 3.48. The van der Waals surface area contributed by atoms with Crippen molar-refractivity contribution in [3.63, 3.8) is 0 Å². The van der Waals surface area contributed by atoms with Crippen LogP contribution in [0.15, 0.2) is 12.2 Å². The lowest BCUT2D eigenvalue weighted by Crippen LogP contribution is -2.42. The van der Waals surface area contributed by atoms with Crippen LogP contribution in [-0.2, 0) is 4.74 Å².